The highest BCUT2D eigenvalue weighted by molar-refractivity contribution is 5.96. The van der Waals surface area contributed by atoms with Crippen molar-refractivity contribution in [3.8, 4) is 0 Å². The van der Waals surface area contributed by atoms with Gasteiger partial charge in [-0.15, -0.1) is 0 Å². The predicted octanol–water partition coefficient (Wildman–Crippen LogP) is 1.67. The van der Waals surface area contributed by atoms with Crippen molar-refractivity contribution in [3.63, 3.8) is 0 Å². The lowest BCUT2D eigenvalue weighted by atomic mass is 10.0. The molecule has 2 heterocycles. The van der Waals surface area contributed by atoms with Gasteiger partial charge in [-0.05, 0) is 49.3 Å². The molecule has 1 atom stereocenters. The summed E-state index contributed by atoms with van der Waals surface area (Å²) in [5.41, 5.74) is 3.22. The maximum Gasteiger partial charge on any atom is 0.293 e. The number of rotatable bonds is 3. The van der Waals surface area contributed by atoms with E-state index in [1.165, 1.54) is 15.7 Å². The molecule has 1 aromatic heterocycles. The minimum absolute atomic E-state index is 0.00419. The Bertz CT molecular complexity index is 890. The number of nitrogens with zero attached hydrogens (tertiary/aromatic N) is 3. The van der Waals surface area contributed by atoms with Gasteiger partial charge in [0.1, 0.15) is 0 Å². The summed E-state index contributed by atoms with van der Waals surface area (Å²) in [6.07, 6.45) is 8.33. The van der Waals surface area contributed by atoms with Crippen LogP contribution in [0.1, 0.15) is 40.7 Å². The zero-order valence-electron chi connectivity index (χ0n) is 15.1. The molecular formula is C20H24N4O2. The molecule has 136 valence electrons. The van der Waals surface area contributed by atoms with Gasteiger partial charge in [-0.3, -0.25) is 9.59 Å². The summed E-state index contributed by atoms with van der Waals surface area (Å²) in [6.45, 7) is 1.41. The third kappa shape index (κ3) is 3.11. The van der Waals surface area contributed by atoms with Crippen LogP contribution in [-0.4, -0.2) is 34.6 Å². The van der Waals surface area contributed by atoms with Gasteiger partial charge in [0.25, 0.3) is 11.5 Å². The number of aromatic nitrogens is 2. The van der Waals surface area contributed by atoms with E-state index >= 15 is 0 Å². The summed E-state index contributed by atoms with van der Waals surface area (Å²) in [5, 5.41) is 3.18. The van der Waals surface area contributed by atoms with Crippen molar-refractivity contribution in [1.82, 2.24) is 14.9 Å². The summed E-state index contributed by atoms with van der Waals surface area (Å²) in [7, 11) is 1.73. The quantitative estimate of drug-likeness (QED) is 0.912. The van der Waals surface area contributed by atoms with Crippen molar-refractivity contribution in [2.75, 3.05) is 18.0 Å². The first-order chi connectivity index (χ1) is 12.6. The molecule has 0 spiro atoms. The van der Waals surface area contributed by atoms with Crippen LogP contribution in [0.3, 0.4) is 0 Å². The lowest BCUT2D eigenvalue weighted by Gasteiger charge is -2.33. The summed E-state index contributed by atoms with van der Waals surface area (Å²) in [6, 6.07) is 6.05. The Morgan fingerprint density at radius 2 is 2.15 bits per heavy atom. The first-order valence-electron chi connectivity index (χ1n) is 9.31. The molecule has 1 fully saturated rings. The highest BCUT2D eigenvalue weighted by atomic mass is 16.2. The first kappa shape index (κ1) is 16.8. The molecule has 1 saturated heterocycles. The Balaban J connectivity index is 1.49. The maximum absolute atomic E-state index is 12.8. The molecule has 0 saturated carbocycles. The Hall–Kier alpha value is -2.63. The molecule has 6 nitrogen and oxygen atoms in total. The summed E-state index contributed by atoms with van der Waals surface area (Å²) >= 11 is 0. The fourth-order valence-electron chi connectivity index (χ4n) is 4.08. The zero-order valence-corrected chi connectivity index (χ0v) is 15.1. The monoisotopic (exact) mass is 352 g/mol. The second-order valence-electron chi connectivity index (χ2n) is 7.22. The number of benzene rings is 1. The predicted molar refractivity (Wildman–Crippen MR) is 101 cm³/mol. The van der Waals surface area contributed by atoms with Gasteiger partial charge in [0.15, 0.2) is 5.82 Å². The molecule has 6 heteroatoms. The molecule has 0 radical (unpaired) electrons. The highest BCUT2D eigenvalue weighted by Crippen LogP contribution is 2.25. The molecule has 0 bridgehead atoms. The Morgan fingerprint density at radius 1 is 1.27 bits per heavy atom. The van der Waals surface area contributed by atoms with Gasteiger partial charge in [0.05, 0.1) is 0 Å². The van der Waals surface area contributed by atoms with Crippen LogP contribution >= 0.6 is 0 Å². The standard InChI is InChI=1S/C20H24N4O2/c1-23-12-10-21-18(20(23)26)24-11-4-7-15(13-24)22-19(25)17-9-3-6-14-5-2-8-16(14)17/h3,6,9-10,12,15H,2,4-5,7-8,11,13H2,1H3,(H,22,25)/t15-/m0/s1. The van der Waals surface area contributed by atoms with Crippen LogP contribution in [0.5, 0.6) is 0 Å². The van der Waals surface area contributed by atoms with Crippen molar-refractivity contribution in [3.05, 3.63) is 57.6 Å². The fraction of sp³-hybridized carbons (Fsp3) is 0.450. The van der Waals surface area contributed by atoms with E-state index in [9.17, 15) is 9.59 Å². The first-order valence-corrected chi connectivity index (χ1v) is 9.31. The number of nitrogens with one attached hydrogen (secondary N) is 1. The second-order valence-corrected chi connectivity index (χ2v) is 7.22. The zero-order chi connectivity index (χ0) is 18.1. The van der Waals surface area contributed by atoms with Crippen LogP contribution in [0.2, 0.25) is 0 Å². The third-order valence-corrected chi connectivity index (χ3v) is 5.45. The number of hydrogen-bond acceptors (Lipinski definition) is 4. The number of piperidine rings is 1. The van der Waals surface area contributed by atoms with Crippen molar-refractivity contribution >= 4 is 11.7 Å². The van der Waals surface area contributed by atoms with Crippen LogP contribution in [0.25, 0.3) is 0 Å². The number of amides is 1. The molecule has 2 aliphatic rings. The van der Waals surface area contributed by atoms with E-state index < -0.39 is 0 Å². The van der Waals surface area contributed by atoms with Crippen LogP contribution in [0.15, 0.2) is 35.4 Å². The number of carbonyl (C=O) groups is 1. The summed E-state index contributed by atoms with van der Waals surface area (Å²) in [5.74, 6) is 0.471. The minimum Gasteiger partial charge on any atom is -0.350 e. The van der Waals surface area contributed by atoms with Gasteiger partial charge >= 0.3 is 0 Å². The van der Waals surface area contributed by atoms with E-state index in [4.69, 9.17) is 0 Å². The smallest absolute Gasteiger partial charge is 0.293 e. The third-order valence-electron chi connectivity index (χ3n) is 5.45. The SMILES string of the molecule is Cn1ccnc(N2CCC[C@H](NC(=O)c3cccc4c3CCC4)C2)c1=O. The molecular weight excluding hydrogens is 328 g/mol. The molecule has 2 aromatic rings. The van der Waals surface area contributed by atoms with E-state index in [-0.39, 0.29) is 17.5 Å². The van der Waals surface area contributed by atoms with Crippen molar-refractivity contribution < 1.29 is 4.79 Å². The lowest BCUT2D eigenvalue weighted by molar-refractivity contribution is 0.0932. The molecule has 1 aliphatic heterocycles. The lowest BCUT2D eigenvalue weighted by Crippen LogP contribution is -2.49. The Labute approximate surface area is 152 Å². The van der Waals surface area contributed by atoms with Crippen LogP contribution < -0.4 is 15.8 Å². The topological polar surface area (TPSA) is 67.2 Å². The van der Waals surface area contributed by atoms with Gasteiger partial charge in [-0.1, -0.05) is 12.1 Å². The van der Waals surface area contributed by atoms with Crippen molar-refractivity contribution in [2.24, 2.45) is 7.05 Å². The maximum atomic E-state index is 12.8. The number of hydrogen-bond donors (Lipinski definition) is 1. The average molecular weight is 352 g/mol. The van der Waals surface area contributed by atoms with Crippen LogP contribution in [0, 0.1) is 0 Å². The largest absolute Gasteiger partial charge is 0.350 e. The van der Waals surface area contributed by atoms with E-state index in [1.807, 2.05) is 17.0 Å². The van der Waals surface area contributed by atoms with Crippen LogP contribution in [0.4, 0.5) is 5.82 Å². The molecule has 26 heavy (non-hydrogen) atoms. The number of fused-ring (bicyclic) bond motifs is 1. The molecule has 1 N–H and O–H groups in total. The van der Waals surface area contributed by atoms with Gasteiger partial charge in [-0.2, -0.15) is 0 Å². The average Bonchev–Trinajstić information content (AvgIpc) is 3.13. The Morgan fingerprint density at radius 3 is 3.04 bits per heavy atom. The highest BCUT2D eigenvalue weighted by Gasteiger charge is 2.26. The Kier molecular flexibility index (Phi) is 4.49. The number of aryl methyl sites for hydroxylation is 2. The second kappa shape index (κ2) is 6.94. The van der Waals surface area contributed by atoms with E-state index in [0.717, 1.165) is 44.2 Å². The van der Waals surface area contributed by atoms with E-state index in [0.29, 0.717) is 12.4 Å². The number of carbonyl (C=O) groups excluding carboxylic acids is 1. The summed E-state index contributed by atoms with van der Waals surface area (Å²) < 4.78 is 1.54. The molecule has 0 unspecified atom stereocenters. The fourth-order valence-corrected chi connectivity index (χ4v) is 4.08. The number of anilines is 1. The summed E-state index contributed by atoms with van der Waals surface area (Å²) in [4.78, 5) is 31.4. The molecule has 1 aliphatic carbocycles. The van der Waals surface area contributed by atoms with Crippen LogP contribution in [-0.2, 0) is 19.9 Å². The normalized spacial score (nSPS) is 19.3. The molecule has 4 rings (SSSR count). The van der Waals surface area contributed by atoms with Crippen molar-refractivity contribution in [1.29, 1.82) is 0 Å². The van der Waals surface area contributed by atoms with Gasteiger partial charge < -0.3 is 14.8 Å². The van der Waals surface area contributed by atoms with Crippen molar-refractivity contribution in [2.45, 2.75) is 38.1 Å². The molecule has 1 aromatic carbocycles. The van der Waals surface area contributed by atoms with E-state index in [2.05, 4.69) is 16.4 Å². The minimum atomic E-state index is -0.0969. The van der Waals surface area contributed by atoms with E-state index in [1.54, 1.807) is 19.4 Å². The molecule has 1 amide bonds. The van der Waals surface area contributed by atoms with Gasteiger partial charge in [-0.25, -0.2) is 4.98 Å². The van der Waals surface area contributed by atoms with Gasteiger partial charge in [0.2, 0.25) is 0 Å². The van der Waals surface area contributed by atoms with Gasteiger partial charge in [0, 0.05) is 44.1 Å².